The molecule has 5 rings (SSSR count). The monoisotopic (exact) mass is 464 g/mol. The molecule has 8 nitrogen and oxygen atoms in total. The van der Waals surface area contributed by atoms with E-state index in [0.29, 0.717) is 18.5 Å². The average molecular weight is 465 g/mol. The molecular weight excluding hydrogens is 428 g/mol. The van der Waals surface area contributed by atoms with E-state index in [0.717, 1.165) is 54.7 Å². The van der Waals surface area contributed by atoms with E-state index >= 15 is 0 Å². The van der Waals surface area contributed by atoms with E-state index in [9.17, 15) is 0 Å². The van der Waals surface area contributed by atoms with Crippen molar-refractivity contribution in [3.8, 4) is 11.1 Å². The van der Waals surface area contributed by atoms with E-state index in [1.165, 1.54) is 31.4 Å². The van der Waals surface area contributed by atoms with Crippen LogP contribution in [-0.2, 0) is 9.47 Å². The first-order chi connectivity index (χ1) is 16.6. The molecule has 1 aliphatic heterocycles. The summed E-state index contributed by atoms with van der Waals surface area (Å²) < 4.78 is 12.9. The lowest BCUT2D eigenvalue weighted by Crippen LogP contribution is -2.36. The summed E-state index contributed by atoms with van der Waals surface area (Å²) in [7, 11) is 1.71. The van der Waals surface area contributed by atoms with Gasteiger partial charge in [0.25, 0.3) is 0 Å². The Bertz CT molecular complexity index is 1080. The molecule has 2 fully saturated rings. The highest BCUT2D eigenvalue weighted by Gasteiger charge is 2.25. The van der Waals surface area contributed by atoms with E-state index in [2.05, 4.69) is 51.8 Å². The number of anilines is 2. The molecule has 3 aromatic rings. The average Bonchev–Trinajstić information content (AvgIpc) is 3.24. The van der Waals surface area contributed by atoms with Gasteiger partial charge < -0.3 is 19.7 Å². The number of methoxy groups -OCH3 is 1. The van der Waals surface area contributed by atoms with Crippen LogP contribution in [0.4, 0.5) is 11.8 Å². The van der Waals surface area contributed by atoms with Crippen LogP contribution in [0.15, 0.2) is 30.6 Å². The van der Waals surface area contributed by atoms with E-state index in [-0.39, 0.29) is 6.04 Å². The number of nitrogens with zero attached hydrogens (tertiary/aromatic N) is 5. The van der Waals surface area contributed by atoms with Crippen molar-refractivity contribution >= 4 is 17.3 Å². The molecule has 0 unspecified atom stereocenters. The molecule has 0 aromatic carbocycles. The topological polar surface area (TPSA) is 76.8 Å². The van der Waals surface area contributed by atoms with Crippen molar-refractivity contribution in [3.63, 3.8) is 0 Å². The highest BCUT2D eigenvalue weighted by Crippen LogP contribution is 2.39. The number of pyridine rings is 1. The maximum Gasteiger partial charge on any atom is 0.241 e. The van der Waals surface area contributed by atoms with Crippen LogP contribution in [0.1, 0.15) is 51.1 Å². The van der Waals surface area contributed by atoms with Crippen LogP contribution in [-0.4, -0.2) is 65.6 Å². The van der Waals surface area contributed by atoms with Gasteiger partial charge in [-0.25, -0.2) is 14.5 Å². The minimum absolute atomic E-state index is 0.133. The van der Waals surface area contributed by atoms with Gasteiger partial charge in [-0.15, -0.1) is 5.10 Å². The van der Waals surface area contributed by atoms with Gasteiger partial charge in [0, 0.05) is 55.2 Å². The number of hydrogen-bond acceptors (Lipinski definition) is 7. The summed E-state index contributed by atoms with van der Waals surface area (Å²) in [4.78, 5) is 11.7. The summed E-state index contributed by atoms with van der Waals surface area (Å²) in [5.41, 5.74) is 4.55. The molecule has 1 saturated heterocycles. The number of nitrogens with one attached hydrogen (secondary N) is 1. The Morgan fingerprint density at radius 3 is 2.62 bits per heavy atom. The van der Waals surface area contributed by atoms with Gasteiger partial charge in [-0.2, -0.15) is 0 Å². The normalized spacial score (nSPS) is 22.1. The summed E-state index contributed by atoms with van der Waals surface area (Å²) in [6.45, 7) is 8.33. The molecule has 34 heavy (non-hydrogen) atoms. The zero-order valence-electron chi connectivity index (χ0n) is 20.5. The van der Waals surface area contributed by atoms with Crippen molar-refractivity contribution in [2.24, 2.45) is 5.92 Å². The second-order valence-electron chi connectivity index (χ2n) is 9.82. The summed E-state index contributed by atoms with van der Waals surface area (Å²) in [6.07, 6.45) is 8.87. The molecule has 3 aromatic heterocycles. The summed E-state index contributed by atoms with van der Waals surface area (Å²) in [6, 6.07) is 6.74. The Morgan fingerprint density at radius 2 is 1.91 bits per heavy atom. The van der Waals surface area contributed by atoms with Crippen molar-refractivity contribution in [3.05, 3.63) is 36.3 Å². The van der Waals surface area contributed by atoms with Gasteiger partial charge in [0.15, 0.2) is 0 Å². The van der Waals surface area contributed by atoms with Crippen LogP contribution in [0, 0.1) is 5.92 Å². The van der Waals surface area contributed by atoms with Gasteiger partial charge in [-0.05, 0) is 43.9 Å². The fourth-order valence-corrected chi connectivity index (χ4v) is 5.20. The second kappa shape index (κ2) is 10.3. The van der Waals surface area contributed by atoms with Crippen LogP contribution in [0.25, 0.3) is 16.6 Å². The highest BCUT2D eigenvalue weighted by molar-refractivity contribution is 5.81. The van der Waals surface area contributed by atoms with E-state index in [4.69, 9.17) is 19.6 Å². The molecular formula is C26H36N6O2. The van der Waals surface area contributed by atoms with Crippen LogP contribution in [0.5, 0.6) is 0 Å². The van der Waals surface area contributed by atoms with Crippen LogP contribution in [0.3, 0.4) is 0 Å². The lowest BCUT2D eigenvalue weighted by molar-refractivity contribution is 0.122. The van der Waals surface area contributed by atoms with Gasteiger partial charge in [-0.3, -0.25) is 0 Å². The molecule has 0 spiro atoms. The van der Waals surface area contributed by atoms with Gasteiger partial charge in [-0.1, -0.05) is 19.8 Å². The van der Waals surface area contributed by atoms with Crippen molar-refractivity contribution < 1.29 is 9.47 Å². The van der Waals surface area contributed by atoms with Crippen molar-refractivity contribution in [2.75, 3.05) is 50.2 Å². The highest BCUT2D eigenvalue weighted by atomic mass is 16.5. The predicted octanol–water partition coefficient (Wildman–Crippen LogP) is 4.37. The molecule has 0 radical (unpaired) electrons. The molecule has 0 bridgehead atoms. The quantitative estimate of drug-likeness (QED) is 0.556. The SMILES string of the molecule is COC[C@H](C)Nc1ncc2c(-c3ccc(N4CCOCC4)nc3)cc(C3CCC(C)CC3)n2n1. The Balaban J connectivity index is 1.49. The number of fused-ring (bicyclic) bond motifs is 1. The Morgan fingerprint density at radius 1 is 1.12 bits per heavy atom. The molecule has 2 aliphatic rings. The Labute approximate surface area is 201 Å². The molecule has 1 N–H and O–H groups in total. The first kappa shape index (κ1) is 23.1. The number of rotatable bonds is 7. The maximum absolute atomic E-state index is 5.48. The molecule has 1 atom stereocenters. The number of aromatic nitrogens is 4. The fraction of sp³-hybridized carbons (Fsp3) is 0.577. The zero-order chi connectivity index (χ0) is 23.5. The Hall–Kier alpha value is -2.71. The van der Waals surface area contributed by atoms with Crippen LogP contribution >= 0.6 is 0 Å². The lowest BCUT2D eigenvalue weighted by atomic mass is 9.81. The van der Waals surface area contributed by atoms with Gasteiger partial charge in [0.1, 0.15) is 5.82 Å². The molecule has 1 aliphatic carbocycles. The molecule has 4 heterocycles. The minimum Gasteiger partial charge on any atom is -0.383 e. The fourth-order valence-electron chi connectivity index (χ4n) is 5.20. The van der Waals surface area contributed by atoms with Gasteiger partial charge in [0.05, 0.1) is 31.5 Å². The number of morpholine rings is 1. The molecule has 0 amide bonds. The van der Waals surface area contributed by atoms with Crippen molar-refractivity contribution in [1.29, 1.82) is 0 Å². The minimum atomic E-state index is 0.133. The number of hydrogen-bond donors (Lipinski definition) is 1. The zero-order valence-corrected chi connectivity index (χ0v) is 20.5. The van der Waals surface area contributed by atoms with Crippen LogP contribution < -0.4 is 10.2 Å². The molecule has 182 valence electrons. The summed E-state index contributed by atoms with van der Waals surface area (Å²) in [5, 5.41) is 8.29. The van der Waals surface area contributed by atoms with Crippen molar-refractivity contribution in [1.82, 2.24) is 19.6 Å². The third-order valence-corrected chi connectivity index (χ3v) is 7.17. The molecule has 1 saturated carbocycles. The molecule has 8 heteroatoms. The third kappa shape index (κ3) is 4.88. The standard InChI is InChI=1S/C26H36N6O2/c1-18-4-6-20(7-5-18)23-14-22(21-8-9-25(27-15-21)31-10-12-34-13-11-31)24-16-28-26(30-32(23)24)29-19(2)17-33-3/h8-9,14-16,18-20H,4-7,10-13,17H2,1-3H3,(H,29,30)/t18?,19-,20?/m0/s1. The smallest absolute Gasteiger partial charge is 0.241 e. The lowest BCUT2D eigenvalue weighted by Gasteiger charge is -2.27. The van der Waals surface area contributed by atoms with E-state index < -0.39 is 0 Å². The van der Waals surface area contributed by atoms with E-state index in [1.54, 1.807) is 7.11 Å². The predicted molar refractivity (Wildman–Crippen MR) is 135 cm³/mol. The first-order valence-corrected chi connectivity index (χ1v) is 12.6. The third-order valence-electron chi connectivity index (χ3n) is 7.17. The largest absolute Gasteiger partial charge is 0.383 e. The summed E-state index contributed by atoms with van der Waals surface area (Å²) in [5.74, 6) is 2.95. The van der Waals surface area contributed by atoms with Gasteiger partial charge >= 0.3 is 0 Å². The number of ether oxygens (including phenoxy) is 2. The summed E-state index contributed by atoms with van der Waals surface area (Å²) >= 11 is 0. The Kier molecular flexibility index (Phi) is 6.97. The maximum atomic E-state index is 5.48. The van der Waals surface area contributed by atoms with Gasteiger partial charge in [0.2, 0.25) is 5.95 Å². The van der Waals surface area contributed by atoms with Crippen LogP contribution in [0.2, 0.25) is 0 Å². The first-order valence-electron chi connectivity index (χ1n) is 12.6. The second-order valence-corrected chi connectivity index (χ2v) is 9.82. The van der Waals surface area contributed by atoms with E-state index in [1.807, 2.05) is 12.4 Å². The van der Waals surface area contributed by atoms with Crippen molar-refractivity contribution in [2.45, 2.75) is 51.5 Å².